The van der Waals surface area contributed by atoms with Crippen LogP contribution in [0.25, 0.3) is 0 Å². The van der Waals surface area contributed by atoms with Crippen LogP contribution in [0.4, 0.5) is 4.79 Å². The van der Waals surface area contributed by atoms with Crippen LogP contribution in [-0.2, 0) is 9.53 Å². The first-order chi connectivity index (χ1) is 13.1. The molecule has 27 heavy (non-hydrogen) atoms. The molecule has 0 spiro atoms. The molecule has 4 aliphatic rings. The Bertz CT molecular complexity index is 569. The van der Waals surface area contributed by atoms with Gasteiger partial charge in [-0.2, -0.15) is 0 Å². The third-order valence-electron chi connectivity index (χ3n) is 7.28. The molecule has 5 atom stereocenters. The first-order valence-corrected chi connectivity index (χ1v) is 11.1. The zero-order chi connectivity index (χ0) is 19.0. The van der Waals surface area contributed by atoms with Crippen LogP contribution < -0.4 is 0 Å². The van der Waals surface area contributed by atoms with Gasteiger partial charge >= 0.3 is 6.03 Å². The summed E-state index contributed by atoms with van der Waals surface area (Å²) in [4.78, 5) is 32.5. The van der Waals surface area contributed by atoms with Gasteiger partial charge in [0.1, 0.15) is 6.04 Å². The van der Waals surface area contributed by atoms with Crippen LogP contribution in [-0.4, -0.2) is 77.6 Å². The average molecular weight is 378 g/mol. The van der Waals surface area contributed by atoms with Crippen molar-refractivity contribution in [3.05, 3.63) is 0 Å². The molecule has 3 saturated heterocycles. The summed E-state index contributed by atoms with van der Waals surface area (Å²) in [5.74, 6) is 0.986. The fourth-order valence-electron chi connectivity index (χ4n) is 5.98. The predicted octanol–water partition coefficient (Wildman–Crippen LogP) is 2.72. The van der Waals surface area contributed by atoms with E-state index in [9.17, 15) is 9.59 Å². The van der Waals surface area contributed by atoms with Crippen LogP contribution in [0.15, 0.2) is 0 Å². The van der Waals surface area contributed by atoms with Crippen LogP contribution in [0.2, 0.25) is 0 Å². The molecule has 6 nitrogen and oxygen atoms in total. The SMILES string of the molecule is CCOCCCN1CC[C@H](N2C(=O)[C@@H]3C[C@@H]4CCCC[C@@H]4N3C2=O)[C@@H](C)C1. The first kappa shape index (κ1) is 19.2. The van der Waals surface area contributed by atoms with Crippen LogP contribution in [0.5, 0.6) is 0 Å². The molecule has 0 radical (unpaired) electrons. The van der Waals surface area contributed by atoms with Gasteiger partial charge in [-0.1, -0.05) is 19.8 Å². The maximum atomic E-state index is 13.2. The topological polar surface area (TPSA) is 53.1 Å². The van der Waals surface area contributed by atoms with Gasteiger partial charge in [-0.15, -0.1) is 0 Å². The highest BCUT2D eigenvalue weighted by atomic mass is 16.5. The number of hydrogen-bond donors (Lipinski definition) is 0. The number of fused-ring (bicyclic) bond motifs is 3. The van der Waals surface area contributed by atoms with E-state index in [0.717, 1.165) is 58.5 Å². The lowest BCUT2D eigenvalue weighted by Gasteiger charge is -2.41. The van der Waals surface area contributed by atoms with E-state index >= 15 is 0 Å². The van der Waals surface area contributed by atoms with E-state index in [2.05, 4.69) is 11.8 Å². The highest BCUT2D eigenvalue weighted by Crippen LogP contribution is 2.44. The third kappa shape index (κ3) is 3.51. The molecule has 0 unspecified atom stereocenters. The number of imide groups is 1. The summed E-state index contributed by atoms with van der Waals surface area (Å²) in [6, 6.07) is 0.239. The number of amides is 3. The minimum Gasteiger partial charge on any atom is -0.382 e. The van der Waals surface area contributed by atoms with Gasteiger partial charge in [0, 0.05) is 44.9 Å². The predicted molar refractivity (Wildman–Crippen MR) is 103 cm³/mol. The van der Waals surface area contributed by atoms with E-state index in [4.69, 9.17) is 4.74 Å². The minimum atomic E-state index is -0.165. The van der Waals surface area contributed by atoms with Gasteiger partial charge < -0.3 is 14.5 Å². The Kier molecular flexibility index (Phi) is 5.74. The quantitative estimate of drug-likeness (QED) is 0.528. The molecule has 3 heterocycles. The van der Waals surface area contributed by atoms with Crippen molar-refractivity contribution in [2.45, 2.75) is 76.9 Å². The van der Waals surface area contributed by atoms with Crippen molar-refractivity contribution in [2.24, 2.45) is 11.8 Å². The minimum absolute atomic E-state index is 0.0149. The van der Waals surface area contributed by atoms with Crippen molar-refractivity contribution < 1.29 is 14.3 Å². The van der Waals surface area contributed by atoms with Crippen LogP contribution in [0.3, 0.4) is 0 Å². The second kappa shape index (κ2) is 8.08. The number of carbonyl (C=O) groups is 2. The van der Waals surface area contributed by atoms with Gasteiger partial charge in [-0.05, 0) is 50.9 Å². The molecule has 0 bridgehead atoms. The van der Waals surface area contributed by atoms with Gasteiger partial charge in [-0.3, -0.25) is 9.69 Å². The maximum Gasteiger partial charge on any atom is 0.327 e. The van der Waals surface area contributed by atoms with Gasteiger partial charge in [0.2, 0.25) is 0 Å². The summed E-state index contributed by atoms with van der Waals surface area (Å²) >= 11 is 0. The lowest BCUT2D eigenvalue weighted by atomic mass is 9.84. The molecule has 3 amide bonds. The molecule has 0 aromatic heterocycles. The molecule has 4 fully saturated rings. The molecular formula is C21H35N3O3. The summed E-state index contributed by atoms with van der Waals surface area (Å²) in [5, 5.41) is 0. The highest BCUT2D eigenvalue weighted by Gasteiger charge is 2.57. The van der Waals surface area contributed by atoms with Crippen molar-refractivity contribution in [1.29, 1.82) is 0 Å². The second-order valence-electron chi connectivity index (χ2n) is 8.95. The molecule has 0 N–H and O–H groups in total. The lowest BCUT2D eigenvalue weighted by Crippen LogP contribution is -2.53. The monoisotopic (exact) mass is 377 g/mol. The number of piperidine rings is 1. The summed E-state index contributed by atoms with van der Waals surface area (Å²) < 4.78 is 5.44. The number of ether oxygens (including phenoxy) is 1. The molecule has 4 rings (SSSR count). The third-order valence-corrected chi connectivity index (χ3v) is 7.28. The zero-order valence-electron chi connectivity index (χ0n) is 16.9. The molecule has 152 valence electrons. The van der Waals surface area contributed by atoms with Crippen molar-refractivity contribution >= 4 is 11.9 Å². The zero-order valence-corrected chi connectivity index (χ0v) is 16.9. The normalized spacial score (nSPS) is 37.0. The van der Waals surface area contributed by atoms with Crippen molar-refractivity contribution in [1.82, 2.24) is 14.7 Å². The molecular weight excluding hydrogens is 342 g/mol. The summed E-state index contributed by atoms with van der Waals surface area (Å²) in [5.41, 5.74) is 0. The molecule has 3 aliphatic heterocycles. The van der Waals surface area contributed by atoms with E-state index in [1.807, 2.05) is 11.8 Å². The Morgan fingerprint density at radius 3 is 2.70 bits per heavy atom. The van der Waals surface area contributed by atoms with Gasteiger partial charge in [0.25, 0.3) is 5.91 Å². The molecule has 0 aromatic rings. The molecule has 6 heteroatoms. The fourth-order valence-corrected chi connectivity index (χ4v) is 5.98. The van der Waals surface area contributed by atoms with E-state index in [0.29, 0.717) is 17.9 Å². The highest BCUT2D eigenvalue weighted by molar-refractivity contribution is 6.05. The van der Waals surface area contributed by atoms with E-state index in [-0.39, 0.29) is 24.0 Å². The van der Waals surface area contributed by atoms with Crippen molar-refractivity contribution in [3.63, 3.8) is 0 Å². The number of rotatable bonds is 6. The molecule has 1 aliphatic carbocycles. The smallest absolute Gasteiger partial charge is 0.327 e. The second-order valence-corrected chi connectivity index (χ2v) is 8.95. The lowest BCUT2D eigenvalue weighted by molar-refractivity contribution is -0.131. The molecule has 0 aromatic carbocycles. The number of hydrogen-bond acceptors (Lipinski definition) is 4. The Balaban J connectivity index is 1.37. The Hall–Kier alpha value is -1.14. The summed E-state index contributed by atoms with van der Waals surface area (Å²) in [6.45, 7) is 8.78. The van der Waals surface area contributed by atoms with Gasteiger partial charge in [-0.25, -0.2) is 4.79 Å². The number of likely N-dealkylation sites (tertiary alicyclic amines) is 1. The fraction of sp³-hybridized carbons (Fsp3) is 0.905. The van der Waals surface area contributed by atoms with E-state index in [1.165, 1.54) is 19.3 Å². The standard InChI is InChI=1S/C21H35N3O3/c1-3-27-12-6-10-22-11-9-17(15(2)14-22)24-20(25)19-13-16-7-4-5-8-18(16)23(19)21(24)26/h15-19H,3-14H2,1-2H3/t15-,16-,17-,18-,19-/m0/s1. The van der Waals surface area contributed by atoms with Crippen LogP contribution in [0.1, 0.15) is 58.8 Å². The Morgan fingerprint density at radius 1 is 1.11 bits per heavy atom. The number of urea groups is 1. The van der Waals surface area contributed by atoms with E-state index < -0.39 is 0 Å². The Morgan fingerprint density at radius 2 is 1.93 bits per heavy atom. The largest absolute Gasteiger partial charge is 0.382 e. The number of nitrogens with zero attached hydrogens (tertiary/aromatic N) is 3. The van der Waals surface area contributed by atoms with Gasteiger partial charge in [0.05, 0.1) is 0 Å². The van der Waals surface area contributed by atoms with Gasteiger partial charge in [0.15, 0.2) is 0 Å². The first-order valence-electron chi connectivity index (χ1n) is 11.1. The summed E-state index contributed by atoms with van der Waals surface area (Å²) in [7, 11) is 0. The van der Waals surface area contributed by atoms with Crippen molar-refractivity contribution in [2.75, 3.05) is 32.8 Å². The average Bonchev–Trinajstić information content (AvgIpc) is 3.16. The summed E-state index contributed by atoms with van der Waals surface area (Å²) in [6.07, 6.45) is 7.58. The Labute approximate surface area is 163 Å². The molecule has 1 saturated carbocycles. The number of carbonyl (C=O) groups excluding carboxylic acids is 2. The van der Waals surface area contributed by atoms with Crippen molar-refractivity contribution in [3.8, 4) is 0 Å². The van der Waals surface area contributed by atoms with E-state index in [1.54, 1.807) is 4.90 Å². The van der Waals surface area contributed by atoms with Crippen LogP contribution in [0, 0.1) is 11.8 Å². The maximum absolute atomic E-state index is 13.2. The van der Waals surface area contributed by atoms with Crippen LogP contribution >= 0.6 is 0 Å².